The topological polar surface area (TPSA) is 82.2 Å². The number of methoxy groups -OCH3 is 1. The molecule has 1 aliphatic heterocycles. The summed E-state index contributed by atoms with van der Waals surface area (Å²) in [5, 5.41) is 3.15. The van der Waals surface area contributed by atoms with Crippen LogP contribution >= 0.6 is 0 Å². The highest BCUT2D eigenvalue weighted by Crippen LogP contribution is 2.29. The molecule has 0 bridgehead atoms. The largest absolute Gasteiger partial charge is 0.497 e. The van der Waals surface area contributed by atoms with E-state index in [9.17, 15) is 13.2 Å². The number of nitrogens with zero attached hydrogens (tertiary/aromatic N) is 3. The molecule has 1 heterocycles. The Labute approximate surface area is 218 Å². The molecule has 1 saturated heterocycles. The van der Waals surface area contributed by atoms with Gasteiger partial charge in [0.25, 0.3) is 0 Å². The first-order valence-electron chi connectivity index (χ1n) is 13.3. The lowest BCUT2D eigenvalue weighted by atomic mass is 9.85. The highest BCUT2D eigenvalue weighted by atomic mass is 32.2. The lowest BCUT2D eigenvalue weighted by Gasteiger charge is -2.38. The molecule has 0 unspecified atom stereocenters. The second-order valence-electron chi connectivity index (χ2n) is 10.9. The number of ether oxygens (including phenoxy) is 1. The predicted octanol–water partition coefficient (Wildman–Crippen LogP) is 3.02. The van der Waals surface area contributed by atoms with E-state index in [-0.39, 0.29) is 29.8 Å². The Bertz CT molecular complexity index is 958. The summed E-state index contributed by atoms with van der Waals surface area (Å²) >= 11 is 0. The molecule has 36 heavy (non-hydrogen) atoms. The summed E-state index contributed by atoms with van der Waals surface area (Å²) < 4.78 is 32.9. The van der Waals surface area contributed by atoms with Crippen molar-refractivity contribution >= 4 is 15.9 Å². The summed E-state index contributed by atoms with van der Waals surface area (Å²) in [6, 6.07) is 4.36. The van der Waals surface area contributed by atoms with Crippen LogP contribution in [0.2, 0.25) is 0 Å². The number of amides is 1. The van der Waals surface area contributed by atoms with Gasteiger partial charge in [0, 0.05) is 38.6 Å². The van der Waals surface area contributed by atoms with Gasteiger partial charge in [-0.15, -0.1) is 0 Å². The molecule has 0 spiro atoms. The fourth-order valence-corrected chi connectivity index (χ4v) is 7.32. The first-order valence-corrected chi connectivity index (χ1v) is 14.7. The monoisotopic (exact) mass is 522 g/mol. The number of hydrogen-bond donors (Lipinski definition) is 1. The van der Waals surface area contributed by atoms with Crippen molar-refractivity contribution in [1.29, 1.82) is 0 Å². The quantitative estimate of drug-likeness (QED) is 0.509. The van der Waals surface area contributed by atoms with E-state index in [1.807, 2.05) is 0 Å². The normalized spacial score (nSPS) is 22.2. The van der Waals surface area contributed by atoms with Crippen molar-refractivity contribution in [2.45, 2.75) is 75.8 Å². The van der Waals surface area contributed by atoms with Crippen LogP contribution in [0.15, 0.2) is 17.0 Å². The van der Waals surface area contributed by atoms with Gasteiger partial charge in [-0.25, -0.2) is 12.7 Å². The van der Waals surface area contributed by atoms with Crippen LogP contribution in [-0.4, -0.2) is 94.9 Å². The molecule has 8 nitrogen and oxygen atoms in total. The molecule has 0 radical (unpaired) electrons. The molecule has 204 valence electrons. The van der Waals surface area contributed by atoms with Crippen LogP contribution in [0, 0.1) is 19.8 Å². The van der Waals surface area contributed by atoms with Crippen molar-refractivity contribution < 1.29 is 17.9 Å². The molecule has 1 N–H and O–H groups in total. The van der Waals surface area contributed by atoms with E-state index in [1.54, 1.807) is 33.1 Å². The summed E-state index contributed by atoms with van der Waals surface area (Å²) in [5.41, 5.74) is 1.28. The van der Waals surface area contributed by atoms with Crippen molar-refractivity contribution in [1.82, 2.24) is 19.4 Å². The van der Waals surface area contributed by atoms with E-state index in [0.29, 0.717) is 28.8 Å². The van der Waals surface area contributed by atoms with Crippen molar-refractivity contribution in [3.05, 3.63) is 23.3 Å². The smallest absolute Gasteiger partial charge is 0.243 e. The van der Waals surface area contributed by atoms with E-state index in [2.05, 4.69) is 29.2 Å². The Morgan fingerprint density at radius 2 is 1.61 bits per heavy atom. The third-order valence-corrected chi connectivity index (χ3v) is 10.2. The zero-order valence-electron chi connectivity index (χ0n) is 23.0. The second kappa shape index (κ2) is 12.7. The van der Waals surface area contributed by atoms with E-state index < -0.39 is 10.0 Å². The van der Waals surface area contributed by atoms with Crippen LogP contribution in [0.3, 0.4) is 0 Å². The van der Waals surface area contributed by atoms with Gasteiger partial charge < -0.3 is 19.9 Å². The Balaban J connectivity index is 1.41. The van der Waals surface area contributed by atoms with E-state index in [1.165, 1.54) is 43.8 Å². The number of piperidine rings is 1. The molecular weight excluding hydrogens is 476 g/mol. The molecule has 2 fully saturated rings. The van der Waals surface area contributed by atoms with Gasteiger partial charge in [0.2, 0.25) is 15.9 Å². The molecule has 1 amide bonds. The average molecular weight is 523 g/mol. The van der Waals surface area contributed by atoms with Gasteiger partial charge in [-0.3, -0.25) is 4.79 Å². The summed E-state index contributed by atoms with van der Waals surface area (Å²) in [4.78, 5) is 17.9. The standard InChI is InChI=1S/C27H46N4O4S/c1-20-17-25(35-6)18-21(2)27(20)36(33,34)30(5)14-13-26(32)28-23-9-7-22(8-10-23)19-31-15-11-24(12-16-31)29(3)4/h17-18,22-24H,7-16,19H2,1-6H3,(H,28,32). The zero-order valence-corrected chi connectivity index (χ0v) is 23.9. The first kappa shape index (κ1) is 28.9. The van der Waals surface area contributed by atoms with Gasteiger partial charge in [0.05, 0.1) is 12.0 Å². The van der Waals surface area contributed by atoms with Gasteiger partial charge in [0.15, 0.2) is 0 Å². The lowest BCUT2D eigenvalue weighted by molar-refractivity contribution is -0.122. The number of likely N-dealkylation sites (tertiary alicyclic amines) is 1. The summed E-state index contributed by atoms with van der Waals surface area (Å²) in [6.07, 6.45) is 6.95. The van der Waals surface area contributed by atoms with Gasteiger partial charge in [0.1, 0.15) is 5.75 Å². The Hall–Kier alpha value is -1.68. The third-order valence-electron chi connectivity index (χ3n) is 8.01. The fourth-order valence-electron chi connectivity index (χ4n) is 5.74. The maximum Gasteiger partial charge on any atom is 0.243 e. The lowest BCUT2D eigenvalue weighted by Crippen LogP contribution is -2.45. The van der Waals surface area contributed by atoms with Crippen LogP contribution < -0.4 is 10.1 Å². The van der Waals surface area contributed by atoms with Gasteiger partial charge in [-0.1, -0.05) is 0 Å². The summed E-state index contributed by atoms with van der Waals surface area (Å²) in [7, 11) is 3.76. The van der Waals surface area contributed by atoms with Crippen LogP contribution in [0.1, 0.15) is 56.1 Å². The third kappa shape index (κ3) is 7.43. The van der Waals surface area contributed by atoms with Crippen molar-refractivity contribution in [2.24, 2.45) is 5.92 Å². The number of carbonyl (C=O) groups excluding carboxylic acids is 1. The molecule has 3 rings (SSSR count). The van der Waals surface area contributed by atoms with Crippen LogP contribution in [0.25, 0.3) is 0 Å². The van der Waals surface area contributed by atoms with Crippen LogP contribution in [0.5, 0.6) is 5.75 Å². The molecule has 1 aliphatic carbocycles. The summed E-state index contributed by atoms with van der Waals surface area (Å²) in [6.45, 7) is 7.23. The number of nitrogens with one attached hydrogen (secondary N) is 1. The van der Waals surface area contributed by atoms with Crippen LogP contribution in [-0.2, 0) is 14.8 Å². The van der Waals surface area contributed by atoms with Crippen LogP contribution in [0.4, 0.5) is 0 Å². The zero-order chi connectivity index (χ0) is 26.5. The van der Waals surface area contributed by atoms with Gasteiger partial charge >= 0.3 is 0 Å². The molecule has 1 aromatic carbocycles. The molecule has 2 aliphatic rings. The molecule has 1 saturated carbocycles. The fraction of sp³-hybridized carbons (Fsp3) is 0.741. The number of sulfonamides is 1. The minimum absolute atomic E-state index is 0.0746. The molecule has 1 aromatic rings. The Morgan fingerprint density at radius 3 is 2.14 bits per heavy atom. The first-order chi connectivity index (χ1) is 17.0. The maximum atomic E-state index is 13.2. The average Bonchev–Trinajstić information content (AvgIpc) is 2.83. The summed E-state index contributed by atoms with van der Waals surface area (Å²) in [5.74, 6) is 1.27. The highest BCUT2D eigenvalue weighted by molar-refractivity contribution is 7.89. The molecule has 0 atom stereocenters. The minimum Gasteiger partial charge on any atom is -0.497 e. The second-order valence-corrected chi connectivity index (χ2v) is 12.9. The highest BCUT2D eigenvalue weighted by Gasteiger charge is 2.28. The number of benzene rings is 1. The number of rotatable bonds is 10. The van der Waals surface area contributed by atoms with Gasteiger partial charge in [-0.05, 0) is 109 Å². The molecular formula is C27H46N4O4S. The van der Waals surface area contributed by atoms with Crippen molar-refractivity contribution in [3.8, 4) is 5.75 Å². The van der Waals surface area contributed by atoms with Crippen molar-refractivity contribution in [3.63, 3.8) is 0 Å². The minimum atomic E-state index is -3.69. The Kier molecular flexibility index (Phi) is 10.2. The van der Waals surface area contributed by atoms with Gasteiger partial charge in [-0.2, -0.15) is 0 Å². The van der Waals surface area contributed by atoms with E-state index in [0.717, 1.165) is 25.7 Å². The SMILES string of the molecule is COc1cc(C)c(S(=O)(=O)N(C)CCC(=O)NC2CCC(CN3CCC(N(C)C)CC3)CC2)c(C)c1. The molecule has 9 heteroatoms. The number of aryl methyl sites for hydroxylation is 2. The van der Waals surface area contributed by atoms with E-state index in [4.69, 9.17) is 4.74 Å². The number of hydrogen-bond acceptors (Lipinski definition) is 6. The predicted molar refractivity (Wildman–Crippen MR) is 144 cm³/mol. The number of carbonyl (C=O) groups is 1. The van der Waals surface area contributed by atoms with E-state index >= 15 is 0 Å². The maximum absolute atomic E-state index is 13.2. The Morgan fingerprint density at radius 1 is 1.03 bits per heavy atom. The van der Waals surface area contributed by atoms with Crippen molar-refractivity contribution in [2.75, 3.05) is 54.4 Å². The molecule has 0 aromatic heterocycles.